The number of methoxy groups -OCH3 is 1. The summed E-state index contributed by atoms with van der Waals surface area (Å²) in [4.78, 5) is 38.6. The van der Waals surface area contributed by atoms with E-state index in [2.05, 4.69) is 34.4 Å². The van der Waals surface area contributed by atoms with E-state index in [0.29, 0.717) is 30.0 Å². The van der Waals surface area contributed by atoms with Gasteiger partial charge >= 0.3 is 0 Å². The minimum absolute atomic E-state index is 0. The number of nitrogen functional groups attached to an aromatic ring is 2. The standard InChI is InChI=1S/C27H23N6O6.CH3B.Y/c1-12-9-13(3-6-18(12)39-27-32-11-31-26(33-27)30-7-8-38-2)14-10-16(29)20-22(23(14)35)25(37)19-15(28)4-5-17(34)21(19)24(20)36;1-2;/h3-6,9-10,34-35H,7-8,28-29H2,1-2H3,(H,30,31,32,33);1H3;/q-1;;. The number of aryl methyl sites for hydroxylation is 1. The normalized spacial score (nSPS) is 11.4. The number of hydrogen-bond acceptors (Lipinski definition) is 12. The van der Waals surface area contributed by atoms with Crippen LogP contribution in [0.2, 0.25) is 6.82 Å². The fourth-order valence-corrected chi connectivity index (χ4v) is 4.39. The van der Waals surface area contributed by atoms with Crippen molar-refractivity contribution >= 4 is 36.7 Å². The summed E-state index contributed by atoms with van der Waals surface area (Å²) in [5.74, 6) is -1.54. The molecule has 1 aliphatic carbocycles. The van der Waals surface area contributed by atoms with Crippen LogP contribution in [0.25, 0.3) is 11.1 Å². The van der Waals surface area contributed by atoms with Crippen molar-refractivity contribution in [2.45, 2.75) is 13.7 Å². The first-order chi connectivity index (χ1) is 19.7. The van der Waals surface area contributed by atoms with Crippen molar-refractivity contribution in [1.82, 2.24) is 15.0 Å². The number of carbonyl (C=O) groups excluding carboxylic acids is 2. The van der Waals surface area contributed by atoms with E-state index >= 15 is 0 Å². The zero-order chi connectivity index (χ0) is 29.8. The number of ketones is 2. The summed E-state index contributed by atoms with van der Waals surface area (Å²) in [6.45, 7) is 4.22. The zero-order valence-corrected chi connectivity index (χ0v) is 25.9. The molecule has 0 unspecified atom stereocenters. The summed E-state index contributed by atoms with van der Waals surface area (Å²) in [6.07, 6.45) is 2.48. The van der Waals surface area contributed by atoms with Gasteiger partial charge in [0, 0.05) is 69.6 Å². The Labute approximate surface area is 268 Å². The number of hydrogen-bond donors (Lipinski definition) is 5. The number of nitrogens with one attached hydrogen (secondary N) is 1. The molecule has 0 saturated carbocycles. The number of phenols is 2. The first-order valence-electron chi connectivity index (χ1n) is 12.3. The van der Waals surface area contributed by atoms with Crippen LogP contribution in [0.5, 0.6) is 23.3 Å². The molecule has 1 aliphatic rings. The largest absolute Gasteiger partial charge is 0.507 e. The van der Waals surface area contributed by atoms with Gasteiger partial charge in [-0.15, -0.1) is 0 Å². The van der Waals surface area contributed by atoms with E-state index in [4.69, 9.17) is 20.9 Å². The van der Waals surface area contributed by atoms with Crippen LogP contribution in [-0.2, 0) is 37.4 Å². The Bertz CT molecular complexity index is 1670. The summed E-state index contributed by atoms with van der Waals surface area (Å²) in [6, 6.07) is 8.97. The Hall–Kier alpha value is -4.06. The Morgan fingerprint density at radius 2 is 1.64 bits per heavy atom. The number of anilines is 3. The summed E-state index contributed by atoms with van der Waals surface area (Å²) in [5, 5.41) is 24.4. The maximum Gasteiger partial charge on any atom is 0.206 e. The predicted octanol–water partition coefficient (Wildman–Crippen LogP) is 3.05. The average Bonchev–Trinajstić information content (AvgIpc) is 2.96. The van der Waals surface area contributed by atoms with E-state index in [1.807, 2.05) is 0 Å². The van der Waals surface area contributed by atoms with Gasteiger partial charge in [0.05, 0.1) is 36.7 Å². The van der Waals surface area contributed by atoms with Crippen LogP contribution >= 0.6 is 0 Å². The van der Waals surface area contributed by atoms with Crippen LogP contribution in [0.1, 0.15) is 37.4 Å². The van der Waals surface area contributed by atoms with Crippen molar-refractivity contribution in [3.63, 3.8) is 0 Å². The quantitative estimate of drug-likeness (QED) is 0.0573. The zero-order valence-electron chi connectivity index (χ0n) is 23.1. The van der Waals surface area contributed by atoms with Gasteiger partial charge in [0.1, 0.15) is 23.2 Å². The Balaban J connectivity index is 0.00000158. The van der Waals surface area contributed by atoms with Gasteiger partial charge in [-0.2, -0.15) is 0 Å². The molecule has 14 heteroatoms. The van der Waals surface area contributed by atoms with E-state index in [0.717, 1.165) is 0 Å². The van der Waals surface area contributed by atoms with Gasteiger partial charge < -0.3 is 46.4 Å². The molecule has 0 amide bonds. The fourth-order valence-electron chi connectivity index (χ4n) is 4.39. The SMILES string of the molecule is COCCNc1n[c-]nc(Oc2ccc(-c3cc(N)c4c(c3O)C(=O)c3c(N)ccc(O)c3C4=O)cc2C)n1.[B]C.[Y]. The molecule has 1 aromatic heterocycles. The van der Waals surface area contributed by atoms with Crippen molar-refractivity contribution in [3.05, 3.63) is 70.5 Å². The molecule has 211 valence electrons. The number of aromatic nitrogens is 3. The number of nitrogens with zero attached hydrogens (tertiary/aromatic N) is 3. The Kier molecular flexibility index (Phi) is 10.6. The van der Waals surface area contributed by atoms with Crippen molar-refractivity contribution in [2.75, 3.05) is 37.0 Å². The minimum atomic E-state index is -0.711. The van der Waals surface area contributed by atoms with E-state index in [1.165, 1.54) is 25.0 Å². The summed E-state index contributed by atoms with van der Waals surface area (Å²) < 4.78 is 10.8. The monoisotopic (exact) mass is 642 g/mol. The van der Waals surface area contributed by atoms with Gasteiger partial charge in [-0.25, -0.2) is 0 Å². The number of ether oxygens (including phenoxy) is 2. The molecule has 0 bridgehead atoms. The smallest absolute Gasteiger partial charge is 0.206 e. The van der Waals surface area contributed by atoms with Crippen molar-refractivity contribution in [3.8, 4) is 34.4 Å². The van der Waals surface area contributed by atoms with Gasteiger partial charge in [-0.1, -0.05) is 12.9 Å². The van der Waals surface area contributed by atoms with Gasteiger partial charge in [-0.05, 0) is 48.4 Å². The second-order valence-corrected chi connectivity index (χ2v) is 8.74. The molecular formula is C28H26BN6O6Y-. The molecule has 42 heavy (non-hydrogen) atoms. The summed E-state index contributed by atoms with van der Waals surface area (Å²) >= 11 is 0. The third kappa shape index (κ3) is 6.08. The molecule has 0 fully saturated rings. The molecule has 1 heterocycles. The molecule has 0 saturated heterocycles. The predicted molar refractivity (Wildman–Crippen MR) is 153 cm³/mol. The second kappa shape index (κ2) is 13.7. The molecule has 0 spiro atoms. The van der Waals surface area contributed by atoms with Gasteiger partial charge in [0.2, 0.25) is 17.6 Å². The van der Waals surface area contributed by atoms with Crippen LogP contribution in [-0.4, -0.2) is 64.8 Å². The molecule has 5 rings (SSSR count). The van der Waals surface area contributed by atoms with Gasteiger partial charge in [0.15, 0.2) is 0 Å². The molecule has 4 aromatic rings. The Morgan fingerprint density at radius 1 is 0.952 bits per heavy atom. The van der Waals surface area contributed by atoms with Crippen molar-refractivity contribution in [2.24, 2.45) is 0 Å². The first kappa shape index (κ1) is 32.5. The van der Waals surface area contributed by atoms with Crippen LogP contribution in [0, 0.1) is 13.3 Å². The maximum atomic E-state index is 13.4. The molecule has 0 aliphatic heterocycles. The average molecular weight is 642 g/mol. The molecule has 3 radical (unpaired) electrons. The van der Waals surface area contributed by atoms with E-state index in [1.54, 1.807) is 32.2 Å². The molecule has 7 N–H and O–H groups in total. The number of carbonyl (C=O) groups is 2. The number of aromatic hydroxyl groups is 2. The molecular weight excluding hydrogens is 616 g/mol. The third-order valence-electron chi connectivity index (χ3n) is 6.23. The fraction of sp³-hybridized carbons (Fsp3) is 0.179. The van der Waals surface area contributed by atoms with E-state index in [9.17, 15) is 19.8 Å². The van der Waals surface area contributed by atoms with Crippen molar-refractivity contribution in [1.29, 1.82) is 0 Å². The number of nitrogens with two attached hydrogens (primary N) is 2. The van der Waals surface area contributed by atoms with Crippen LogP contribution in [0.3, 0.4) is 0 Å². The topological polar surface area (TPSA) is 196 Å². The minimum Gasteiger partial charge on any atom is -0.507 e. The van der Waals surface area contributed by atoms with Crippen LogP contribution in [0.15, 0.2) is 36.4 Å². The third-order valence-corrected chi connectivity index (χ3v) is 6.23. The van der Waals surface area contributed by atoms with E-state index < -0.39 is 23.1 Å². The van der Waals surface area contributed by atoms with E-state index in [-0.39, 0.29) is 83.9 Å². The molecule has 0 atom stereocenters. The summed E-state index contributed by atoms with van der Waals surface area (Å²) in [5.41, 5.74) is 12.6. The number of phenolic OH excluding ortho intramolecular Hbond substituents is 2. The van der Waals surface area contributed by atoms with Gasteiger partial charge in [-0.3, -0.25) is 14.6 Å². The van der Waals surface area contributed by atoms with Crippen molar-refractivity contribution < 1.29 is 62.0 Å². The van der Waals surface area contributed by atoms with Crippen LogP contribution < -0.4 is 21.5 Å². The maximum absolute atomic E-state index is 13.4. The Morgan fingerprint density at radius 3 is 2.33 bits per heavy atom. The van der Waals surface area contributed by atoms with Crippen LogP contribution in [0.4, 0.5) is 17.3 Å². The summed E-state index contributed by atoms with van der Waals surface area (Å²) in [7, 11) is 6.08. The number of benzene rings is 3. The number of rotatable bonds is 7. The van der Waals surface area contributed by atoms with Gasteiger partial charge in [0.25, 0.3) is 0 Å². The molecule has 3 aromatic carbocycles. The number of fused-ring (bicyclic) bond motifs is 2. The molecule has 12 nitrogen and oxygen atoms in total. The second-order valence-electron chi connectivity index (χ2n) is 8.74. The first-order valence-corrected chi connectivity index (χ1v) is 12.3.